The van der Waals surface area contributed by atoms with Gasteiger partial charge in [-0.3, -0.25) is 0 Å². The normalized spacial score (nSPS) is 24.1. The molecule has 0 bridgehead atoms. The lowest BCUT2D eigenvalue weighted by atomic mass is 9.82. The van der Waals surface area contributed by atoms with E-state index < -0.39 is 0 Å². The summed E-state index contributed by atoms with van der Waals surface area (Å²) >= 11 is 0. The fourth-order valence-corrected chi connectivity index (χ4v) is 3.88. The van der Waals surface area contributed by atoms with Crippen LogP contribution in [0.3, 0.4) is 0 Å². The summed E-state index contributed by atoms with van der Waals surface area (Å²) in [5.41, 5.74) is 5.40. The molecule has 0 heterocycles. The van der Waals surface area contributed by atoms with Gasteiger partial charge in [0.05, 0.1) is 6.10 Å². The molecule has 1 fully saturated rings. The molecule has 0 aromatic heterocycles. The molecule has 112 valence electrons. The highest BCUT2D eigenvalue weighted by molar-refractivity contribution is 5.41. The smallest absolute Gasteiger partial charge is 0.0826 e. The largest absolute Gasteiger partial charge is 0.388 e. The Kier molecular flexibility index (Phi) is 5.26. The molecule has 1 saturated carbocycles. The van der Waals surface area contributed by atoms with Crippen LogP contribution in [-0.2, 0) is 19.3 Å². The second kappa shape index (κ2) is 6.76. The van der Waals surface area contributed by atoms with E-state index in [1.54, 1.807) is 0 Å². The first-order valence-electron chi connectivity index (χ1n) is 8.44. The lowest BCUT2D eigenvalue weighted by Gasteiger charge is -2.27. The van der Waals surface area contributed by atoms with Gasteiger partial charge in [0.15, 0.2) is 0 Å². The lowest BCUT2D eigenvalue weighted by molar-refractivity contribution is 0.0885. The number of aryl methyl sites for hydroxylation is 3. The van der Waals surface area contributed by atoms with Crippen molar-refractivity contribution in [3.05, 3.63) is 34.4 Å². The lowest BCUT2D eigenvalue weighted by Crippen LogP contribution is -2.18. The highest BCUT2D eigenvalue weighted by Crippen LogP contribution is 2.42. The van der Waals surface area contributed by atoms with E-state index in [4.69, 9.17) is 0 Å². The van der Waals surface area contributed by atoms with Gasteiger partial charge >= 0.3 is 0 Å². The fourth-order valence-electron chi connectivity index (χ4n) is 3.88. The molecule has 0 radical (unpaired) electrons. The van der Waals surface area contributed by atoms with Gasteiger partial charge in [0.25, 0.3) is 0 Å². The van der Waals surface area contributed by atoms with E-state index in [2.05, 4.69) is 39.8 Å². The topological polar surface area (TPSA) is 20.2 Å². The average Bonchev–Trinajstić information content (AvgIpc) is 2.91. The summed E-state index contributed by atoms with van der Waals surface area (Å²) in [6.45, 7) is 8.94. The van der Waals surface area contributed by atoms with Gasteiger partial charge in [0.1, 0.15) is 0 Å². The summed E-state index contributed by atoms with van der Waals surface area (Å²) in [5, 5.41) is 11.0. The zero-order valence-electron chi connectivity index (χ0n) is 13.6. The number of hydrogen-bond acceptors (Lipinski definition) is 1. The molecule has 20 heavy (non-hydrogen) atoms. The number of rotatable bonds is 5. The summed E-state index contributed by atoms with van der Waals surface area (Å²) in [7, 11) is 0. The van der Waals surface area contributed by atoms with E-state index in [0.29, 0.717) is 11.8 Å². The van der Waals surface area contributed by atoms with Crippen molar-refractivity contribution < 1.29 is 5.11 Å². The Balaban J connectivity index is 2.42. The molecule has 3 unspecified atom stereocenters. The van der Waals surface area contributed by atoms with Gasteiger partial charge in [0.2, 0.25) is 0 Å². The molecule has 0 saturated heterocycles. The molecule has 1 nitrogen and oxygen atoms in total. The van der Waals surface area contributed by atoms with Crippen molar-refractivity contribution in [2.75, 3.05) is 0 Å². The van der Waals surface area contributed by atoms with Gasteiger partial charge in [0, 0.05) is 0 Å². The van der Waals surface area contributed by atoms with E-state index in [0.717, 1.165) is 19.3 Å². The summed E-state index contributed by atoms with van der Waals surface area (Å²) in [6, 6.07) is 4.63. The van der Waals surface area contributed by atoms with Gasteiger partial charge in [-0.15, -0.1) is 0 Å². The maximum Gasteiger partial charge on any atom is 0.0826 e. The Bertz CT molecular complexity index is 424. The van der Waals surface area contributed by atoms with E-state index in [9.17, 15) is 5.11 Å². The van der Waals surface area contributed by atoms with Crippen molar-refractivity contribution in [1.29, 1.82) is 0 Å². The monoisotopic (exact) mass is 274 g/mol. The Labute approximate surface area is 124 Å². The summed E-state index contributed by atoms with van der Waals surface area (Å²) in [6.07, 6.45) is 6.60. The van der Waals surface area contributed by atoms with Crippen molar-refractivity contribution in [2.45, 2.75) is 72.3 Å². The minimum atomic E-state index is -0.261. The minimum Gasteiger partial charge on any atom is -0.388 e. The Morgan fingerprint density at radius 2 is 1.65 bits per heavy atom. The quantitative estimate of drug-likeness (QED) is 0.814. The van der Waals surface area contributed by atoms with Gasteiger partial charge in [-0.1, -0.05) is 52.7 Å². The molecule has 1 aromatic carbocycles. The van der Waals surface area contributed by atoms with Gasteiger partial charge < -0.3 is 5.11 Å². The molecule has 0 spiro atoms. The maximum atomic E-state index is 11.0. The average molecular weight is 274 g/mol. The van der Waals surface area contributed by atoms with Crippen molar-refractivity contribution >= 4 is 0 Å². The van der Waals surface area contributed by atoms with Crippen LogP contribution in [0.5, 0.6) is 0 Å². The van der Waals surface area contributed by atoms with Crippen molar-refractivity contribution in [2.24, 2.45) is 11.8 Å². The molecule has 1 aliphatic rings. The molecule has 1 aromatic rings. The molecule has 1 N–H and O–H groups in total. The molecule has 0 amide bonds. The molecular formula is C19H30O. The number of aliphatic hydroxyl groups excluding tert-OH is 1. The highest BCUT2D eigenvalue weighted by Gasteiger charge is 2.32. The van der Waals surface area contributed by atoms with E-state index in [1.165, 1.54) is 41.5 Å². The zero-order chi connectivity index (χ0) is 14.7. The van der Waals surface area contributed by atoms with E-state index >= 15 is 0 Å². The number of benzene rings is 1. The first-order chi connectivity index (χ1) is 9.62. The van der Waals surface area contributed by atoms with Gasteiger partial charge in [-0.25, -0.2) is 0 Å². The SMILES string of the molecule is CCc1cc(CC)c(C(O)C2CCCC2C)c(CC)c1. The third-order valence-electron chi connectivity index (χ3n) is 5.21. The Morgan fingerprint density at radius 1 is 1.05 bits per heavy atom. The second-order valence-electron chi connectivity index (χ2n) is 6.41. The third kappa shape index (κ3) is 2.93. The van der Waals surface area contributed by atoms with Crippen LogP contribution in [0.15, 0.2) is 12.1 Å². The van der Waals surface area contributed by atoms with E-state index in [1.807, 2.05) is 0 Å². The van der Waals surface area contributed by atoms with Crippen LogP contribution < -0.4 is 0 Å². The first-order valence-corrected chi connectivity index (χ1v) is 8.44. The van der Waals surface area contributed by atoms with Gasteiger partial charge in [-0.05, 0) is 59.8 Å². The van der Waals surface area contributed by atoms with Crippen molar-refractivity contribution in [1.82, 2.24) is 0 Å². The molecule has 0 aliphatic heterocycles. The van der Waals surface area contributed by atoms with Crippen LogP contribution in [-0.4, -0.2) is 5.11 Å². The van der Waals surface area contributed by atoms with Crippen LogP contribution in [0.1, 0.15) is 75.3 Å². The van der Waals surface area contributed by atoms with Crippen LogP contribution in [0.25, 0.3) is 0 Å². The van der Waals surface area contributed by atoms with Crippen LogP contribution in [0, 0.1) is 11.8 Å². The van der Waals surface area contributed by atoms with Crippen molar-refractivity contribution in [3.8, 4) is 0 Å². The van der Waals surface area contributed by atoms with Crippen molar-refractivity contribution in [3.63, 3.8) is 0 Å². The van der Waals surface area contributed by atoms with Crippen LogP contribution in [0.4, 0.5) is 0 Å². The maximum absolute atomic E-state index is 11.0. The first kappa shape index (κ1) is 15.6. The van der Waals surface area contributed by atoms with Crippen LogP contribution in [0.2, 0.25) is 0 Å². The number of hydrogen-bond donors (Lipinski definition) is 1. The third-order valence-corrected chi connectivity index (χ3v) is 5.21. The highest BCUT2D eigenvalue weighted by atomic mass is 16.3. The van der Waals surface area contributed by atoms with Crippen LogP contribution >= 0.6 is 0 Å². The number of aliphatic hydroxyl groups is 1. The molecule has 2 rings (SSSR count). The molecule has 3 atom stereocenters. The summed E-state index contributed by atoms with van der Waals surface area (Å²) in [4.78, 5) is 0. The zero-order valence-corrected chi connectivity index (χ0v) is 13.6. The summed E-state index contributed by atoms with van der Waals surface area (Å²) in [5.74, 6) is 1.11. The van der Waals surface area contributed by atoms with E-state index in [-0.39, 0.29) is 6.10 Å². The molecule has 1 aliphatic carbocycles. The minimum absolute atomic E-state index is 0.261. The Morgan fingerprint density at radius 3 is 2.05 bits per heavy atom. The second-order valence-corrected chi connectivity index (χ2v) is 6.41. The fraction of sp³-hybridized carbons (Fsp3) is 0.684. The Hall–Kier alpha value is -0.820. The van der Waals surface area contributed by atoms with Gasteiger partial charge in [-0.2, -0.15) is 0 Å². The molecule has 1 heteroatoms. The predicted molar refractivity (Wildman–Crippen MR) is 86.0 cm³/mol. The predicted octanol–water partition coefficient (Wildman–Crippen LogP) is 4.84. The standard InChI is InChI=1S/C19H30O/c1-5-14-11-15(6-2)18(16(7-3)12-14)19(20)17-10-8-9-13(17)4/h11-13,17,19-20H,5-10H2,1-4H3. The summed E-state index contributed by atoms with van der Waals surface area (Å²) < 4.78 is 0. The molecular weight excluding hydrogens is 244 g/mol.